The number of allylic oxidation sites excluding steroid dienone is 1. The van der Waals surface area contributed by atoms with Gasteiger partial charge in [0.25, 0.3) is 0 Å². The van der Waals surface area contributed by atoms with E-state index in [9.17, 15) is 14.9 Å². The molecule has 0 radical (unpaired) electrons. The zero-order chi connectivity index (χ0) is 13.4. The molecule has 0 aromatic heterocycles. The van der Waals surface area contributed by atoms with Gasteiger partial charge in [-0.2, -0.15) is 0 Å². The summed E-state index contributed by atoms with van der Waals surface area (Å²) in [5.74, 6) is -0.0646. The van der Waals surface area contributed by atoms with Gasteiger partial charge >= 0.3 is 6.23 Å². The largest absolute Gasteiger partial charge is 0.433 e. The summed E-state index contributed by atoms with van der Waals surface area (Å²) in [5.41, 5.74) is 1.28. The van der Waals surface area contributed by atoms with Crippen LogP contribution in [0.1, 0.15) is 30.7 Å². The predicted molar refractivity (Wildman–Crippen MR) is 66.9 cm³/mol. The van der Waals surface area contributed by atoms with E-state index in [-0.39, 0.29) is 5.78 Å². The fourth-order valence-corrected chi connectivity index (χ4v) is 2.82. The van der Waals surface area contributed by atoms with E-state index in [0.29, 0.717) is 30.6 Å². The van der Waals surface area contributed by atoms with Gasteiger partial charge in [-0.15, -0.1) is 0 Å². The number of ketones is 1. The Kier molecular flexibility index (Phi) is 2.81. The number of hydrogen-bond acceptors (Lipinski definition) is 4. The molecule has 1 aliphatic heterocycles. The molecule has 1 aliphatic carbocycles. The maximum absolute atomic E-state index is 12.1. The smallest absolute Gasteiger partial charge is 0.364 e. The highest BCUT2D eigenvalue weighted by molar-refractivity contribution is 5.98. The van der Waals surface area contributed by atoms with Crippen LogP contribution >= 0.6 is 0 Å². The molecular weight excluding hydrogens is 246 g/mol. The molecule has 0 spiro atoms. The lowest BCUT2D eigenvalue weighted by Gasteiger charge is -2.15. The number of benzene rings is 1. The highest BCUT2D eigenvalue weighted by atomic mass is 16.7. The molecule has 2 atom stereocenters. The molecule has 0 bridgehead atoms. The number of nitro groups is 1. The minimum absolute atomic E-state index is 0.0144. The second-order valence-corrected chi connectivity index (χ2v) is 4.80. The summed E-state index contributed by atoms with van der Waals surface area (Å²) in [7, 11) is 0. The third-order valence-electron chi connectivity index (χ3n) is 3.63. The van der Waals surface area contributed by atoms with Crippen LogP contribution in [0.25, 0.3) is 0 Å². The number of carbonyl (C=O) groups is 1. The van der Waals surface area contributed by atoms with Gasteiger partial charge in [0.05, 0.1) is 10.5 Å². The summed E-state index contributed by atoms with van der Waals surface area (Å²) < 4.78 is 5.42. The van der Waals surface area contributed by atoms with Gasteiger partial charge in [-0.05, 0) is 12.0 Å². The van der Waals surface area contributed by atoms with Gasteiger partial charge in [0.1, 0.15) is 11.7 Å². The van der Waals surface area contributed by atoms with Gasteiger partial charge in [-0.1, -0.05) is 30.3 Å². The Balaban J connectivity index is 2.08. The van der Waals surface area contributed by atoms with Crippen LogP contribution in [-0.2, 0) is 9.53 Å². The van der Waals surface area contributed by atoms with Crippen LogP contribution in [0, 0.1) is 10.1 Å². The average molecular weight is 259 g/mol. The minimum Gasteiger partial charge on any atom is -0.433 e. The molecule has 98 valence electrons. The van der Waals surface area contributed by atoms with Crippen LogP contribution in [0.15, 0.2) is 41.7 Å². The van der Waals surface area contributed by atoms with Crippen molar-refractivity contribution in [3.05, 3.63) is 57.3 Å². The van der Waals surface area contributed by atoms with Gasteiger partial charge in [0.2, 0.25) is 0 Å². The van der Waals surface area contributed by atoms with Crippen molar-refractivity contribution >= 4 is 5.78 Å². The van der Waals surface area contributed by atoms with Crippen molar-refractivity contribution in [2.75, 3.05) is 0 Å². The molecule has 0 fully saturated rings. The number of nitrogens with zero attached hydrogens (tertiary/aromatic N) is 1. The fourth-order valence-electron chi connectivity index (χ4n) is 2.82. The summed E-state index contributed by atoms with van der Waals surface area (Å²) in [6.07, 6.45) is 0.614. The molecule has 0 saturated carbocycles. The predicted octanol–water partition coefficient (Wildman–Crippen LogP) is 2.41. The van der Waals surface area contributed by atoms with E-state index in [1.54, 1.807) is 0 Å². The maximum atomic E-state index is 12.1. The van der Waals surface area contributed by atoms with Gasteiger partial charge in [-0.25, -0.2) is 0 Å². The van der Waals surface area contributed by atoms with Gasteiger partial charge in [-0.3, -0.25) is 14.9 Å². The number of rotatable bonds is 2. The molecule has 5 heteroatoms. The second-order valence-electron chi connectivity index (χ2n) is 4.80. The second kappa shape index (κ2) is 4.50. The molecule has 3 rings (SSSR count). The van der Waals surface area contributed by atoms with Crippen molar-refractivity contribution in [3.8, 4) is 0 Å². The normalized spacial score (nSPS) is 26.0. The maximum Gasteiger partial charge on any atom is 0.364 e. The highest BCUT2D eigenvalue weighted by Crippen LogP contribution is 2.43. The first-order valence-electron chi connectivity index (χ1n) is 6.30. The van der Waals surface area contributed by atoms with E-state index in [2.05, 4.69) is 0 Å². The third kappa shape index (κ3) is 1.91. The average Bonchev–Trinajstić information content (AvgIpc) is 2.81. The molecule has 1 aromatic carbocycles. The first-order chi connectivity index (χ1) is 9.18. The Morgan fingerprint density at radius 2 is 1.95 bits per heavy atom. The van der Waals surface area contributed by atoms with Gasteiger partial charge < -0.3 is 4.74 Å². The Morgan fingerprint density at radius 1 is 1.21 bits per heavy atom. The van der Waals surface area contributed by atoms with E-state index in [4.69, 9.17) is 4.74 Å². The molecule has 0 saturated heterocycles. The molecule has 5 nitrogen and oxygen atoms in total. The zero-order valence-corrected chi connectivity index (χ0v) is 10.2. The lowest BCUT2D eigenvalue weighted by atomic mass is 9.84. The van der Waals surface area contributed by atoms with Crippen molar-refractivity contribution < 1.29 is 14.5 Å². The van der Waals surface area contributed by atoms with Gasteiger partial charge in [0, 0.05) is 12.8 Å². The van der Waals surface area contributed by atoms with E-state index in [1.165, 1.54) is 0 Å². The summed E-state index contributed by atoms with van der Waals surface area (Å²) in [5, 5.41) is 11.2. The topological polar surface area (TPSA) is 69.4 Å². The Hall–Kier alpha value is -2.17. The van der Waals surface area contributed by atoms with Crippen LogP contribution in [0.5, 0.6) is 0 Å². The summed E-state index contributed by atoms with van der Waals surface area (Å²) in [6.45, 7) is 0. The lowest BCUT2D eigenvalue weighted by Crippen LogP contribution is -2.27. The SMILES string of the molecule is O=C1CCCC2=C1[C@H](c1ccccc1)[C@@H]([N+](=O)[O-])O2. The molecule has 19 heavy (non-hydrogen) atoms. The summed E-state index contributed by atoms with van der Waals surface area (Å²) in [6, 6.07) is 9.10. The summed E-state index contributed by atoms with van der Waals surface area (Å²) >= 11 is 0. The number of Topliss-reactive ketones (excluding diaryl/α,β-unsaturated/α-hetero) is 1. The minimum atomic E-state index is -1.17. The van der Waals surface area contributed by atoms with Crippen molar-refractivity contribution in [1.29, 1.82) is 0 Å². The van der Waals surface area contributed by atoms with Crippen molar-refractivity contribution in [2.24, 2.45) is 0 Å². The lowest BCUT2D eigenvalue weighted by molar-refractivity contribution is -0.570. The molecule has 1 aromatic rings. The molecule has 0 unspecified atom stereocenters. The van der Waals surface area contributed by atoms with Crippen molar-refractivity contribution in [2.45, 2.75) is 31.4 Å². The van der Waals surface area contributed by atoms with Crippen molar-refractivity contribution in [1.82, 2.24) is 0 Å². The number of carbonyl (C=O) groups excluding carboxylic acids is 1. The van der Waals surface area contributed by atoms with E-state index in [0.717, 1.165) is 5.56 Å². The van der Waals surface area contributed by atoms with Crippen LogP contribution in [0.3, 0.4) is 0 Å². The zero-order valence-electron chi connectivity index (χ0n) is 10.2. The van der Waals surface area contributed by atoms with Crippen LogP contribution in [-0.4, -0.2) is 16.9 Å². The Morgan fingerprint density at radius 3 is 2.63 bits per heavy atom. The monoisotopic (exact) mass is 259 g/mol. The molecule has 0 N–H and O–H groups in total. The standard InChI is InChI=1S/C14H13NO4/c16-10-7-4-8-11-13(10)12(14(19-11)15(17)18)9-5-2-1-3-6-9/h1-3,5-6,12,14H,4,7-8H2/t12-,14-/m0/s1. The fraction of sp³-hybridized carbons (Fsp3) is 0.357. The van der Waals surface area contributed by atoms with Crippen LogP contribution in [0.2, 0.25) is 0 Å². The van der Waals surface area contributed by atoms with Crippen LogP contribution in [0.4, 0.5) is 0 Å². The third-order valence-corrected chi connectivity index (χ3v) is 3.63. The van der Waals surface area contributed by atoms with E-state index >= 15 is 0 Å². The number of ether oxygens (including phenoxy) is 1. The molecule has 2 aliphatic rings. The molecule has 0 amide bonds. The van der Waals surface area contributed by atoms with E-state index in [1.807, 2.05) is 30.3 Å². The first kappa shape index (κ1) is 11.9. The Bertz CT molecular complexity index is 564. The van der Waals surface area contributed by atoms with E-state index < -0.39 is 17.1 Å². The van der Waals surface area contributed by atoms with Crippen LogP contribution < -0.4 is 0 Å². The quantitative estimate of drug-likeness (QED) is 0.604. The van der Waals surface area contributed by atoms with Crippen molar-refractivity contribution in [3.63, 3.8) is 0 Å². The summed E-state index contributed by atoms with van der Waals surface area (Å²) in [4.78, 5) is 22.8. The Labute approximate surface area is 110 Å². The number of hydrogen-bond donors (Lipinski definition) is 0. The molecule has 1 heterocycles. The highest BCUT2D eigenvalue weighted by Gasteiger charge is 2.48. The first-order valence-corrected chi connectivity index (χ1v) is 6.30. The molecular formula is C14H13NO4. The van der Waals surface area contributed by atoms with Gasteiger partial charge in [0.15, 0.2) is 5.78 Å².